The van der Waals surface area contributed by atoms with Crippen LogP contribution in [0.15, 0.2) is 24.3 Å². The number of hydrogen-bond donors (Lipinski definition) is 0. The molecule has 0 unspecified atom stereocenters. The lowest BCUT2D eigenvalue weighted by Gasteiger charge is -2.38. The summed E-state index contributed by atoms with van der Waals surface area (Å²) in [5.74, 6) is 2.43. The van der Waals surface area contributed by atoms with Gasteiger partial charge in [0.1, 0.15) is 11.9 Å². The molecule has 0 amide bonds. The van der Waals surface area contributed by atoms with Gasteiger partial charge in [-0.2, -0.15) is 0 Å². The Hall–Kier alpha value is -1.11. The average molecular weight is 278 g/mol. The first kappa shape index (κ1) is 15.9. The van der Waals surface area contributed by atoms with Gasteiger partial charge in [-0.25, -0.2) is 4.39 Å². The molecule has 0 bridgehead atoms. The second-order valence-corrected chi connectivity index (χ2v) is 11.1. The van der Waals surface area contributed by atoms with E-state index in [0.29, 0.717) is 12.0 Å². The largest absolute Gasteiger partial charge is 0.403 e. The molecule has 0 N–H and O–H groups in total. The van der Waals surface area contributed by atoms with Gasteiger partial charge >= 0.3 is 0 Å². The maximum Gasteiger partial charge on any atom is 0.193 e. The van der Waals surface area contributed by atoms with Crippen LogP contribution in [0, 0.1) is 18.2 Å². The van der Waals surface area contributed by atoms with Gasteiger partial charge in [-0.15, -0.1) is 6.42 Å². The van der Waals surface area contributed by atoms with Crippen LogP contribution in [0.2, 0.25) is 18.1 Å². The Morgan fingerprint density at radius 2 is 1.89 bits per heavy atom. The first-order valence-corrected chi connectivity index (χ1v) is 9.45. The maximum atomic E-state index is 13.6. The zero-order chi connectivity index (χ0) is 14.7. The predicted octanol–water partition coefficient (Wildman–Crippen LogP) is 4.39. The van der Waals surface area contributed by atoms with Crippen molar-refractivity contribution in [2.75, 3.05) is 0 Å². The molecule has 1 nitrogen and oxygen atoms in total. The van der Waals surface area contributed by atoms with E-state index in [0.717, 1.165) is 0 Å². The number of halogens is 1. The zero-order valence-electron chi connectivity index (χ0n) is 12.5. The van der Waals surface area contributed by atoms with Crippen molar-refractivity contribution in [3.05, 3.63) is 35.6 Å². The fourth-order valence-electron chi connectivity index (χ4n) is 1.53. The van der Waals surface area contributed by atoms with Gasteiger partial charge in [-0.3, -0.25) is 0 Å². The fraction of sp³-hybridized carbons (Fsp3) is 0.500. The van der Waals surface area contributed by atoms with E-state index in [1.54, 1.807) is 12.1 Å². The average Bonchev–Trinajstić information content (AvgIpc) is 2.29. The molecule has 0 fully saturated rings. The van der Waals surface area contributed by atoms with E-state index >= 15 is 0 Å². The Labute approximate surface area is 117 Å². The second kappa shape index (κ2) is 5.90. The summed E-state index contributed by atoms with van der Waals surface area (Å²) in [4.78, 5) is 0. The van der Waals surface area contributed by atoms with Crippen LogP contribution in [0.3, 0.4) is 0 Å². The van der Waals surface area contributed by atoms with Crippen molar-refractivity contribution in [2.24, 2.45) is 0 Å². The Morgan fingerprint density at radius 3 is 2.37 bits per heavy atom. The van der Waals surface area contributed by atoms with Gasteiger partial charge in [-0.05, 0) is 29.8 Å². The van der Waals surface area contributed by atoms with E-state index in [2.05, 4.69) is 39.8 Å². The van der Waals surface area contributed by atoms with Crippen molar-refractivity contribution in [2.45, 2.75) is 51.4 Å². The lowest BCUT2D eigenvalue weighted by Crippen LogP contribution is -2.44. The number of rotatable bonds is 4. The third kappa shape index (κ3) is 4.19. The third-order valence-corrected chi connectivity index (χ3v) is 8.28. The summed E-state index contributed by atoms with van der Waals surface area (Å²) < 4.78 is 19.8. The maximum absolute atomic E-state index is 13.6. The molecule has 3 heteroatoms. The molecular formula is C16H23FOSi. The van der Waals surface area contributed by atoms with Crippen molar-refractivity contribution in [1.82, 2.24) is 0 Å². The molecule has 19 heavy (non-hydrogen) atoms. The standard InChI is InChI=1S/C16H23FOSi/c1-7-14(18-19(5,6)16(2,3)4)12-13-10-8-9-11-15(13)17/h1,8-11,14H,12H2,2-6H3/t14-/m1/s1. The molecule has 0 heterocycles. The Balaban J connectivity index is 2.82. The lowest BCUT2D eigenvalue weighted by atomic mass is 10.1. The van der Waals surface area contributed by atoms with Gasteiger partial charge in [0.25, 0.3) is 0 Å². The Kier molecular flexibility index (Phi) is 4.95. The molecule has 0 saturated carbocycles. The van der Waals surface area contributed by atoms with Crippen molar-refractivity contribution in [1.29, 1.82) is 0 Å². The summed E-state index contributed by atoms with van der Waals surface area (Å²) >= 11 is 0. The van der Waals surface area contributed by atoms with Crippen LogP contribution in [0.1, 0.15) is 26.3 Å². The minimum Gasteiger partial charge on any atom is -0.403 e. The van der Waals surface area contributed by atoms with Crippen LogP contribution in [0.4, 0.5) is 4.39 Å². The lowest BCUT2D eigenvalue weighted by molar-refractivity contribution is 0.232. The smallest absolute Gasteiger partial charge is 0.193 e. The molecular weight excluding hydrogens is 255 g/mol. The molecule has 0 saturated heterocycles. The van der Waals surface area contributed by atoms with E-state index in [4.69, 9.17) is 10.8 Å². The minimum absolute atomic E-state index is 0.0946. The molecule has 1 aromatic rings. The van der Waals surface area contributed by atoms with Crippen molar-refractivity contribution >= 4 is 8.32 Å². The number of hydrogen-bond acceptors (Lipinski definition) is 1. The molecule has 1 rings (SSSR count). The van der Waals surface area contributed by atoms with Crippen molar-refractivity contribution < 1.29 is 8.82 Å². The molecule has 0 spiro atoms. The zero-order valence-corrected chi connectivity index (χ0v) is 13.5. The first-order valence-electron chi connectivity index (χ1n) is 6.55. The van der Waals surface area contributed by atoms with Gasteiger partial charge in [0.2, 0.25) is 0 Å². The van der Waals surface area contributed by atoms with Crippen LogP contribution >= 0.6 is 0 Å². The highest BCUT2D eigenvalue weighted by Crippen LogP contribution is 2.37. The molecule has 1 atom stereocenters. The molecule has 0 radical (unpaired) electrons. The summed E-state index contributed by atoms with van der Waals surface area (Å²) in [6.07, 6.45) is 5.61. The first-order chi connectivity index (χ1) is 8.67. The monoisotopic (exact) mass is 278 g/mol. The van der Waals surface area contributed by atoms with Crippen molar-refractivity contribution in [3.63, 3.8) is 0 Å². The van der Waals surface area contributed by atoms with Gasteiger partial charge < -0.3 is 4.43 Å². The van der Waals surface area contributed by atoms with E-state index in [1.165, 1.54) is 6.07 Å². The normalized spacial score (nSPS) is 13.9. The molecule has 0 aliphatic carbocycles. The van der Waals surface area contributed by atoms with Crippen LogP contribution in [-0.4, -0.2) is 14.4 Å². The molecule has 0 aliphatic heterocycles. The molecule has 104 valence electrons. The number of terminal acetylenes is 1. The van der Waals surface area contributed by atoms with E-state index in [1.807, 2.05) is 6.07 Å². The predicted molar refractivity (Wildman–Crippen MR) is 81.0 cm³/mol. The van der Waals surface area contributed by atoms with E-state index in [-0.39, 0.29) is 17.0 Å². The molecule has 0 aromatic heterocycles. The fourth-order valence-corrected chi connectivity index (χ4v) is 2.75. The SMILES string of the molecule is C#C[C@H](Cc1ccccc1F)O[Si](C)(C)C(C)(C)C. The van der Waals surface area contributed by atoms with Crippen molar-refractivity contribution in [3.8, 4) is 12.3 Å². The summed E-state index contributed by atoms with van der Waals surface area (Å²) in [6, 6.07) is 6.71. The molecule has 1 aromatic carbocycles. The quantitative estimate of drug-likeness (QED) is 0.586. The second-order valence-electron chi connectivity index (χ2n) is 6.33. The van der Waals surface area contributed by atoms with Gasteiger partial charge in [0.15, 0.2) is 8.32 Å². The summed E-state index contributed by atoms with van der Waals surface area (Å²) in [7, 11) is -1.93. The third-order valence-electron chi connectivity index (χ3n) is 3.79. The Morgan fingerprint density at radius 1 is 1.32 bits per heavy atom. The molecule has 0 aliphatic rings. The van der Waals surface area contributed by atoms with E-state index in [9.17, 15) is 4.39 Å². The summed E-state index contributed by atoms with van der Waals surface area (Å²) in [6.45, 7) is 10.8. The van der Waals surface area contributed by atoms with Crippen LogP contribution < -0.4 is 0 Å². The van der Waals surface area contributed by atoms with Gasteiger partial charge in [-0.1, -0.05) is 44.9 Å². The minimum atomic E-state index is -1.93. The number of benzene rings is 1. The summed E-state index contributed by atoms with van der Waals surface area (Å²) in [5.41, 5.74) is 0.615. The van der Waals surface area contributed by atoms with Crippen LogP contribution in [0.25, 0.3) is 0 Å². The highest BCUT2D eigenvalue weighted by Gasteiger charge is 2.38. The highest BCUT2D eigenvalue weighted by atomic mass is 28.4. The van der Waals surface area contributed by atoms with E-state index < -0.39 is 8.32 Å². The van der Waals surface area contributed by atoms with Crippen LogP contribution in [-0.2, 0) is 10.8 Å². The summed E-state index contributed by atoms with van der Waals surface area (Å²) in [5, 5.41) is 0.0946. The highest BCUT2D eigenvalue weighted by molar-refractivity contribution is 6.74. The van der Waals surface area contributed by atoms with Gasteiger partial charge in [0.05, 0.1) is 0 Å². The topological polar surface area (TPSA) is 9.23 Å². The van der Waals surface area contributed by atoms with Gasteiger partial charge in [0, 0.05) is 6.42 Å². The Bertz CT molecular complexity index is 468. The van der Waals surface area contributed by atoms with Crippen LogP contribution in [0.5, 0.6) is 0 Å².